The molecule has 1 aliphatic rings. The van der Waals surface area contributed by atoms with Gasteiger partial charge in [-0.2, -0.15) is 0 Å². The van der Waals surface area contributed by atoms with Crippen LogP contribution >= 0.6 is 0 Å². The van der Waals surface area contributed by atoms with Crippen LogP contribution in [0.5, 0.6) is 0 Å². The molecular weight excluding hydrogens is 304 g/mol. The molecule has 0 aliphatic carbocycles. The number of carbonyl (C=O) groups is 1. The Labute approximate surface area is 145 Å². The summed E-state index contributed by atoms with van der Waals surface area (Å²) >= 11 is 0. The van der Waals surface area contributed by atoms with Gasteiger partial charge in [0.25, 0.3) is 0 Å². The zero-order valence-corrected chi connectivity index (χ0v) is 15.0. The smallest absolute Gasteiger partial charge is 0.408 e. The van der Waals surface area contributed by atoms with Crippen molar-refractivity contribution >= 4 is 6.09 Å². The molecule has 2 rings (SSSR count). The monoisotopic (exact) mass is 334 g/mol. The second-order valence-corrected chi connectivity index (χ2v) is 7.33. The second-order valence-electron chi connectivity index (χ2n) is 7.33. The van der Waals surface area contributed by atoms with Crippen molar-refractivity contribution in [3.8, 4) is 0 Å². The number of ether oxygens (including phenoxy) is 2. The lowest BCUT2D eigenvalue weighted by Crippen LogP contribution is -2.36. The molecule has 1 fully saturated rings. The molecule has 0 saturated carbocycles. The van der Waals surface area contributed by atoms with E-state index in [0.717, 1.165) is 44.7 Å². The highest BCUT2D eigenvalue weighted by Crippen LogP contribution is 2.18. The maximum Gasteiger partial charge on any atom is 0.408 e. The van der Waals surface area contributed by atoms with Crippen molar-refractivity contribution in [1.82, 2.24) is 10.6 Å². The van der Waals surface area contributed by atoms with Gasteiger partial charge in [-0.25, -0.2) is 4.79 Å². The highest BCUT2D eigenvalue weighted by Gasteiger charge is 2.21. The Morgan fingerprint density at radius 2 is 2.08 bits per heavy atom. The van der Waals surface area contributed by atoms with E-state index in [1.165, 1.54) is 0 Å². The van der Waals surface area contributed by atoms with Gasteiger partial charge in [-0.1, -0.05) is 30.3 Å². The van der Waals surface area contributed by atoms with E-state index in [-0.39, 0.29) is 12.1 Å². The maximum atomic E-state index is 12.1. The van der Waals surface area contributed by atoms with Gasteiger partial charge in [-0.15, -0.1) is 0 Å². The molecule has 2 atom stereocenters. The van der Waals surface area contributed by atoms with Crippen molar-refractivity contribution in [1.29, 1.82) is 0 Å². The molecule has 1 saturated heterocycles. The third-order valence-electron chi connectivity index (χ3n) is 3.96. The molecule has 0 aromatic heterocycles. The van der Waals surface area contributed by atoms with E-state index in [9.17, 15) is 4.79 Å². The molecule has 1 aromatic carbocycles. The number of carbonyl (C=O) groups excluding carboxylic acids is 1. The number of amides is 1. The van der Waals surface area contributed by atoms with E-state index in [4.69, 9.17) is 9.47 Å². The Morgan fingerprint density at radius 1 is 1.33 bits per heavy atom. The lowest BCUT2D eigenvalue weighted by atomic mass is 10.0. The fourth-order valence-corrected chi connectivity index (χ4v) is 2.75. The van der Waals surface area contributed by atoms with Crippen LogP contribution < -0.4 is 10.6 Å². The van der Waals surface area contributed by atoms with E-state index in [0.29, 0.717) is 5.92 Å². The van der Waals surface area contributed by atoms with Gasteiger partial charge in [0.1, 0.15) is 5.60 Å². The summed E-state index contributed by atoms with van der Waals surface area (Å²) in [6, 6.07) is 9.96. The number of hydrogen-bond acceptors (Lipinski definition) is 4. The van der Waals surface area contributed by atoms with Gasteiger partial charge in [0.15, 0.2) is 0 Å². The molecule has 134 valence electrons. The van der Waals surface area contributed by atoms with Crippen LogP contribution in [0.1, 0.15) is 45.2 Å². The zero-order valence-electron chi connectivity index (χ0n) is 15.0. The Hall–Kier alpha value is -1.59. The fraction of sp³-hybridized carbons (Fsp3) is 0.632. The summed E-state index contributed by atoms with van der Waals surface area (Å²) < 4.78 is 10.8. The Kier molecular flexibility index (Phi) is 7.06. The lowest BCUT2D eigenvalue weighted by molar-refractivity contribution is 0.0501. The van der Waals surface area contributed by atoms with E-state index in [1.807, 2.05) is 51.1 Å². The number of hydrogen-bond donors (Lipinski definition) is 2. The number of alkyl carbamates (subject to hydrolysis) is 1. The summed E-state index contributed by atoms with van der Waals surface area (Å²) in [5.41, 5.74) is 0.598. The summed E-state index contributed by atoms with van der Waals surface area (Å²) in [6.07, 6.45) is 1.57. The van der Waals surface area contributed by atoms with Gasteiger partial charge >= 0.3 is 6.09 Å². The van der Waals surface area contributed by atoms with E-state index in [1.54, 1.807) is 0 Å². The predicted octanol–water partition coefficient (Wildman–Crippen LogP) is 3.27. The van der Waals surface area contributed by atoms with Crippen LogP contribution in [0.3, 0.4) is 0 Å². The molecule has 1 aromatic rings. The third kappa shape index (κ3) is 6.89. The zero-order chi connectivity index (χ0) is 17.4. The molecule has 2 N–H and O–H groups in total. The quantitative estimate of drug-likeness (QED) is 0.751. The van der Waals surface area contributed by atoms with Gasteiger partial charge in [0, 0.05) is 13.2 Å². The molecule has 24 heavy (non-hydrogen) atoms. The second kappa shape index (κ2) is 9.04. The van der Waals surface area contributed by atoms with Crippen LogP contribution in [0.25, 0.3) is 0 Å². The first-order valence-corrected chi connectivity index (χ1v) is 8.77. The molecule has 0 spiro atoms. The first-order chi connectivity index (χ1) is 11.4. The number of nitrogens with one attached hydrogen (secondary N) is 2. The highest BCUT2D eigenvalue weighted by atomic mass is 16.6. The van der Waals surface area contributed by atoms with Crippen LogP contribution in [0, 0.1) is 5.92 Å². The summed E-state index contributed by atoms with van der Waals surface area (Å²) in [6.45, 7) is 9.14. The average molecular weight is 334 g/mol. The number of benzene rings is 1. The molecule has 1 amide bonds. The maximum absolute atomic E-state index is 12.1. The average Bonchev–Trinajstić information content (AvgIpc) is 3.02. The van der Waals surface area contributed by atoms with E-state index in [2.05, 4.69) is 10.6 Å². The molecule has 5 nitrogen and oxygen atoms in total. The standard InChI is InChI=1S/C19H30N2O3/c1-19(2,3)24-18(22)21-17(16-7-5-4-6-8-16)9-11-20-13-15-10-12-23-14-15/h4-8,15,17,20H,9-14H2,1-3H3,(H,21,22). The van der Waals surface area contributed by atoms with Gasteiger partial charge in [-0.05, 0) is 51.6 Å². The van der Waals surface area contributed by atoms with Crippen LogP contribution in [0.2, 0.25) is 0 Å². The van der Waals surface area contributed by atoms with Crippen molar-refractivity contribution in [2.24, 2.45) is 5.92 Å². The van der Waals surface area contributed by atoms with E-state index >= 15 is 0 Å². The van der Waals surface area contributed by atoms with Gasteiger partial charge in [0.05, 0.1) is 12.6 Å². The van der Waals surface area contributed by atoms with Crippen LogP contribution in [0.15, 0.2) is 30.3 Å². The van der Waals surface area contributed by atoms with Crippen molar-refractivity contribution in [3.05, 3.63) is 35.9 Å². The minimum Gasteiger partial charge on any atom is -0.444 e. The van der Waals surface area contributed by atoms with Gasteiger partial charge in [0.2, 0.25) is 0 Å². The van der Waals surface area contributed by atoms with Crippen molar-refractivity contribution in [3.63, 3.8) is 0 Å². The molecule has 0 bridgehead atoms. The summed E-state index contributed by atoms with van der Waals surface area (Å²) in [7, 11) is 0. The minimum atomic E-state index is -0.494. The predicted molar refractivity (Wildman–Crippen MR) is 95.0 cm³/mol. The summed E-state index contributed by atoms with van der Waals surface area (Å²) in [5, 5.41) is 6.47. The molecule has 2 unspecified atom stereocenters. The fourth-order valence-electron chi connectivity index (χ4n) is 2.75. The Balaban J connectivity index is 1.84. The first-order valence-electron chi connectivity index (χ1n) is 8.77. The van der Waals surface area contributed by atoms with Crippen molar-refractivity contribution in [2.45, 2.75) is 45.3 Å². The van der Waals surface area contributed by atoms with Crippen molar-refractivity contribution in [2.75, 3.05) is 26.3 Å². The molecule has 1 heterocycles. The molecule has 5 heteroatoms. The van der Waals surface area contributed by atoms with Crippen LogP contribution in [-0.2, 0) is 9.47 Å². The van der Waals surface area contributed by atoms with Crippen molar-refractivity contribution < 1.29 is 14.3 Å². The minimum absolute atomic E-state index is 0.0617. The normalized spacial score (nSPS) is 19.0. The topological polar surface area (TPSA) is 59.6 Å². The van der Waals surface area contributed by atoms with Gasteiger partial charge in [-0.3, -0.25) is 0 Å². The SMILES string of the molecule is CC(C)(C)OC(=O)NC(CCNCC1CCOC1)c1ccccc1. The van der Waals surface area contributed by atoms with Gasteiger partial charge < -0.3 is 20.1 Å². The van der Waals surface area contributed by atoms with Crippen LogP contribution in [-0.4, -0.2) is 38.0 Å². The van der Waals surface area contributed by atoms with Crippen LogP contribution in [0.4, 0.5) is 4.79 Å². The Bertz CT molecular complexity index is 493. The molecule has 0 radical (unpaired) electrons. The third-order valence-corrected chi connectivity index (χ3v) is 3.96. The summed E-state index contributed by atoms with van der Waals surface area (Å²) in [5.74, 6) is 0.610. The number of rotatable bonds is 7. The highest BCUT2D eigenvalue weighted by molar-refractivity contribution is 5.68. The first kappa shape index (κ1) is 18.7. The Morgan fingerprint density at radius 3 is 2.71 bits per heavy atom. The van der Waals surface area contributed by atoms with E-state index < -0.39 is 5.60 Å². The lowest BCUT2D eigenvalue weighted by Gasteiger charge is -2.24. The molecular formula is C19H30N2O3. The molecule has 1 aliphatic heterocycles. The summed E-state index contributed by atoms with van der Waals surface area (Å²) in [4.78, 5) is 12.1. The largest absolute Gasteiger partial charge is 0.444 e.